The van der Waals surface area contributed by atoms with Crippen LogP contribution in [0.2, 0.25) is 0 Å². The molecule has 1 atom stereocenters. The van der Waals surface area contributed by atoms with E-state index in [-0.39, 0.29) is 24.2 Å². The third-order valence-corrected chi connectivity index (χ3v) is 5.01. The minimum atomic E-state index is -0.892. The Morgan fingerprint density at radius 3 is 2.45 bits per heavy atom. The number of carboxylic acid groups (broad SMARTS) is 1. The average Bonchev–Trinajstić information content (AvgIpc) is 2.66. The van der Waals surface area contributed by atoms with Gasteiger partial charge in [-0.1, -0.05) is 24.3 Å². The van der Waals surface area contributed by atoms with Crippen LogP contribution in [0.15, 0.2) is 47.0 Å². The smallest absolute Gasteiger partial charge is 0.478 e. The summed E-state index contributed by atoms with van der Waals surface area (Å²) in [4.78, 5) is 11.0. The van der Waals surface area contributed by atoms with Crippen LogP contribution in [-0.4, -0.2) is 29.4 Å². The van der Waals surface area contributed by atoms with E-state index in [1.807, 2.05) is 45.9 Å². The molecule has 5 heteroatoms. The van der Waals surface area contributed by atoms with Gasteiger partial charge in [-0.2, -0.15) is 0 Å². The van der Waals surface area contributed by atoms with E-state index in [1.54, 1.807) is 12.2 Å². The molecule has 1 heterocycles. The second kappa shape index (κ2) is 4.96. The Morgan fingerprint density at radius 1 is 1.23 bits per heavy atom. The molecule has 1 saturated heterocycles. The first-order valence-corrected chi connectivity index (χ1v) is 7.59. The lowest BCUT2D eigenvalue weighted by Gasteiger charge is -2.32. The molecule has 3 rings (SSSR count). The lowest BCUT2D eigenvalue weighted by atomic mass is 9.69. The van der Waals surface area contributed by atoms with Crippen molar-refractivity contribution in [3.8, 4) is 0 Å². The van der Waals surface area contributed by atoms with Gasteiger partial charge in [0.2, 0.25) is 0 Å². The lowest BCUT2D eigenvalue weighted by Crippen LogP contribution is -2.41. The van der Waals surface area contributed by atoms with Crippen LogP contribution >= 0.6 is 0 Å². The van der Waals surface area contributed by atoms with Gasteiger partial charge in [0.05, 0.1) is 16.8 Å². The highest BCUT2D eigenvalue weighted by Gasteiger charge is 2.52. The van der Waals surface area contributed by atoms with E-state index < -0.39 is 5.97 Å². The summed E-state index contributed by atoms with van der Waals surface area (Å²) in [5.41, 5.74) is 1.77. The summed E-state index contributed by atoms with van der Waals surface area (Å²) < 4.78 is 12.2. The van der Waals surface area contributed by atoms with Crippen LogP contribution < -0.4 is 0 Å². The van der Waals surface area contributed by atoms with Crippen LogP contribution in [0.25, 0.3) is 0 Å². The molecule has 1 N–H and O–H groups in total. The molecule has 0 bridgehead atoms. The monoisotopic (exact) mass is 300 g/mol. The van der Waals surface area contributed by atoms with Crippen molar-refractivity contribution < 1.29 is 19.2 Å². The van der Waals surface area contributed by atoms with E-state index in [0.29, 0.717) is 5.57 Å². The fourth-order valence-electron chi connectivity index (χ4n) is 2.85. The lowest BCUT2D eigenvalue weighted by molar-refractivity contribution is -0.132. The van der Waals surface area contributed by atoms with Crippen molar-refractivity contribution >= 4 is 13.1 Å². The van der Waals surface area contributed by atoms with Crippen molar-refractivity contribution in [2.24, 2.45) is 5.92 Å². The molecule has 0 aromatic carbocycles. The van der Waals surface area contributed by atoms with Crippen LogP contribution in [0.5, 0.6) is 0 Å². The minimum absolute atomic E-state index is 0.196. The Bertz CT molecular complexity index is 621. The summed E-state index contributed by atoms with van der Waals surface area (Å²) in [6.07, 6.45) is 10.1. The van der Waals surface area contributed by atoms with Gasteiger partial charge in [0.1, 0.15) is 0 Å². The molecule has 2 aliphatic carbocycles. The van der Waals surface area contributed by atoms with Gasteiger partial charge in [0, 0.05) is 5.92 Å². The first-order valence-electron chi connectivity index (χ1n) is 7.59. The number of allylic oxidation sites excluding steroid dienone is 6. The van der Waals surface area contributed by atoms with Crippen LogP contribution in [0, 0.1) is 5.92 Å². The number of hydrogen-bond acceptors (Lipinski definition) is 3. The summed E-state index contributed by atoms with van der Waals surface area (Å²) in [6.45, 7) is 8.17. The predicted octanol–water partition coefficient (Wildman–Crippen LogP) is 3.07. The van der Waals surface area contributed by atoms with Crippen molar-refractivity contribution in [3.05, 3.63) is 47.0 Å². The highest BCUT2D eigenvalue weighted by Crippen LogP contribution is 2.41. The molecule has 0 radical (unpaired) electrons. The highest BCUT2D eigenvalue weighted by atomic mass is 16.7. The first-order chi connectivity index (χ1) is 10.2. The fraction of sp³-hybridized carbons (Fsp3) is 0.471. The van der Waals surface area contributed by atoms with E-state index in [2.05, 4.69) is 0 Å². The van der Waals surface area contributed by atoms with Gasteiger partial charge >= 0.3 is 13.1 Å². The summed E-state index contributed by atoms with van der Waals surface area (Å²) in [5, 5.41) is 9.07. The molecular formula is C17H21BO4. The van der Waals surface area contributed by atoms with Crippen molar-refractivity contribution in [1.29, 1.82) is 0 Å². The molecule has 0 saturated carbocycles. The topological polar surface area (TPSA) is 55.8 Å². The molecule has 1 fully saturated rings. The molecule has 0 aromatic rings. The largest absolute Gasteiger partial charge is 0.490 e. The quantitative estimate of drug-likeness (QED) is 0.796. The van der Waals surface area contributed by atoms with Crippen LogP contribution in [0.3, 0.4) is 0 Å². The Labute approximate surface area is 131 Å². The summed E-state index contributed by atoms with van der Waals surface area (Å²) >= 11 is 0. The van der Waals surface area contributed by atoms with Crippen LogP contribution in [0.1, 0.15) is 34.1 Å². The third kappa shape index (κ3) is 2.48. The Kier molecular flexibility index (Phi) is 3.46. The zero-order valence-electron chi connectivity index (χ0n) is 13.4. The summed E-state index contributed by atoms with van der Waals surface area (Å²) in [6, 6.07) is 0. The second-order valence-corrected chi connectivity index (χ2v) is 7.07. The zero-order chi connectivity index (χ0) is 16.1. The maximum atomic E-state index is 11.0. The molecule has 1 aliphatic heterocycles. The fourth-order valence-corrected chi connectivity index (χ4v) is 2.85. The molecule has 3 aliphatic rings. The van der Waals surface area contributed by atoms with Gasteiger partial charge in [0.15, 0.2) is 0 Å². The highest BCUT2D eigenvalue weighted by molar-refractivity contribution is 6.54. The predicted molar refractivity (Wildman–Crippen MR) is 85.2 cm³/mol. The second-order valence-electron chi connectivity index (χ2n) is 7.07. The van der Waals surface area contributed by atoms with E-state index in [4.69, 9.17) is 14.4 Å². The van der Waals surface area contributed by atoms with E-state index >= 15 is 0 Å². The van der Waals surface area contributed by atoms with Gasteiger partial charge in [-0.25, -0.2) is 4.79 Å². The van der Waals surface area contributed by atoms with Gasteiger partial charge < -0.3 is 14.4 Å². The Balaban J connectivity index is 1.83. The zero-order valence-corrected chi connectivity index (χ0v) is 13.4. The van der Waals surface area contributed by atoms with Gasteiger partial charge in [-0.15, -0.1) is 0 Å². The Morgan fingerprint density at radius 2 is 1.86 bits per heavy atom. The maximum Gasteiger partial charge on any atom is 0.490 e. The van der Waals surface area contributed by atoms with Crippen molar-refractivity contribution in [2.45, 2.75) is 45.3 Å². The third-order valence-electron chi connectivity index (χ3n) is 5.01. The number of hydrogen-bond donors (Lipinski definition) is 1. The van der Waals surface area contributed by atoms with Gasteiger partial charge in [-0.05, 0) is 51.2 Å². The number of aliphatic carboxylic acids is 1. The number of fused-ring (bicyclic) bond motifs is 1. The number of carbonyl (C=O) groups is 1. The molecule has 1 unspecified atom stereocenters. The molecule has 0 aromatic heterocycles. The maximum absolute atomic E-state index is 11.0. The van der Waals surface area contributed by atoms with Gasteiger partial charge in [0.25, 0.3) is 0 Å². The van der Waals surface area contributed by atoms with Crippen molar-refractivity contribution in [2.75, 3.05) is 0 Å². The van der Waals surface area contributed by atoms with Crippen LogP contribution in [-0.2, 0) is 14.1 Å². The average molecular weight is 300 g/mol. The normalized spacial score (nSPS) is 28.6. The van der Waals surface area contributed by atoms with Crippen molar-refractivity contribution in [1.82, 2.24) is 0 Å². The SMILES string of the molecule is CC1(C)OB(C2=CC=C3C=C(C(=O)O)C=CC3C2)OC1(C)C. The molecule has 4 nitrogen and oxygen atoms in total. The standard InChI is InChI=1S/C17H21BO4/c1-16(2)17(3,4)22-18(21-16)14-8-7-11-9-13(15(19)20)6-5-12(11)10-14/h5-9,12H,10H2,1-4H3,(H,19,20). The van der Waals surface area contributed by atoms with E-state index in [1.165, 1.54) is 0 Å². The molecule has 0 spiro atoms. The van der Waals surface area contributed by atoms with Gasteiger partial charge in [-0.3, -0.25) is 0 Å². The number of carboxylic acids is 1. The molecule has 22 heavy (non-hydrogen) atoms. The molecule has 116 valence electrons. The van der Waals surface area contributed by atoms with Crippen molar-refractivity contribution in [3.63, 3.8) is 0 Å². The Hall–Kier alpha value is -1.59. The minimum Gasteiger partial charge on any atom is -0.478 e. The number of rotatable bonds is 2. The molecule has 0 amide bonds. The first kappa shape index (κ1) is 15.3. The van der Waals surface area contributed by atoms with E-state index in [0.717, 1.165) is 17.5 Å². The molecular weight excluding hydrogens is 279 g/mol. The van der Waals surface area contributed by atoms with Crippen LogP contribution in [0.4, 0.5) is 0 Å². The summed E-state index contributed by atoms with van der Waals surface area (Å²) in [5.74, 6) is -0.696. The van der Waals surface area contributed by atoms with E-state index in [9.17, 15) is 4.79 Å². The summed E-state index contributed by atoms with van der Waals surface area (Å²) in [7, 11) is -0.332.